The maximum absolute atomic E-state index is 13.7. The van der Waals surface area contributed by atoms with Crippen molar-refractivity contribution in [3.8, 4) is 0 Å². The van der Waals surface area contributed by atoms with Crippen molar-refractivity contribution in [2.45, 2.75) is 45.1 Å². The maximum Gasteiger partial charge on any atom is 0.416 e. The first-order chi connectivity index (χ1) is 22.2. The number of rotatable bonds is 9. The summed E-state index contributed by atoms with van der Waals surface area (Å²) in [5.74, 6) is 0.809. The lowest BCUT2D eigenvalue weighted by atomic mass is 10.0. The van der Waals surface area contributed by atoms with Crippen molar-refractivity contribution < 1.29 is 18.0 Å². The van der Waals surface area contributed by atoms with Gasteiger partial charge in [0, 0.05) is 61.2 Å². The molecule has 46 heavy (non-hydrogen) atoms. The molecule has 0 spiro atoms. The summed E-state index contributed by atoms with van der Waals surface area (Å²) >= 11 is 0. The van der Waals surface area contributed by atoms with E-state index in [2.05, 4.69) is 24.6 Å². The topological polar surface area (TPSA) is 65.8 Å². The van der Waals surface area contributed by atoms with Gasteiger partial charge in [0.25, 0.3) is 0 Å². The van der Waals surface area contributed by atoms with Gasteiger partial charge in [0.15, 0.2) is 0 Å². The highest BCUT2D eigenvalue weighted by molar-refractivity contribution is 5.92. The van der Waals surface area contributed by atoms with E-state index in [1.165, 1.54) is 18.2 Å². The molecule has 10 heteroatoms. The van der Waals surface area contributed by atoms with Gasteiger partial charge >= 0.3 is 6.18 Å². The van der Waals surface area contributed by atoms with Crippen molar-refractivity contribution in [3.05, 3.63) is 132 Å². The molecule has 0 saturated carbocycles. The molecule has 2 aromatic carbocycles. The minimum atomic E-state index is -4.41. The molecule has 0 radical (unpaired) electrons. The quantitative estimate of drug-likeness (QED) is 0.172. The van der Waals surface area contributed by atoms with E-state index in [0.717, 1.165) is 78.6 Å². The summed E-state index contributed by atoms with van der Waals surface area (Å²) in [7, 11) is 0. The molecule has 5 aromatic rings. The first-order valence-electron chi connectivity index (χ1n) is 15.3. The second kappa shape index (κ2) is 13.6. The lowest BCUT2D eigenvalue weighted by Gasteiger charge is -2.38. The van der Waals surface area contributed by atoms with E-state index in [-0.39, 0.29) is 11.9 Å². The standard InChI is InChI=1S/C36H35F3N6O/c1-26-22-31(15-18-40-26)42-30-12-7-28(8-13-30)24-45(35(46)14-9-27-5-10-29(11-6-27)36(37,38)39)32-16-20-43(21-17-32)25-34-41-23-33-4-2-3-19-44(33)34/h2-15,18-19,22-23,32H,16-17,20-21,24-25H2,1H3,(H,40,42). The van der Waals surface area contributed by atoms with Crippen LogP contribution in [0, 0.1) is 6.92 Å². The van der Waals surface area contributed by atoms with Gasteiger partial charge in [0.1, 0.15) is 5.82 Å². The van der Waals surface area contributed by atoms with Gasteiger partial charge in [0.05, 0.1) is 23.8 Å². The molecular formula is C36H35F3N6O. The predicted octanol–water partition coefficient (Wildman–Crippen LogP) is 7.51. The number of amides is 1. The van der Waals surface area contributed by atoms with Crippen LogP contribution in [-0.2, 0) is 24.1 Å². The SMILES string of the molecule is Cc1cc(Nc2ccc(CN(C(=O)C=Cc3ccc(C(F)(F)F)cc3)C3CCN(Cc4ncc5ccccn45)CC3)cc2)ccn1. The third-order valence-corrected chi connectivity index (χ3v) is 8.31. The molecule has 1 aliphatic rings. The Hall–Kier alpha value is -4.96. The second-order valence-corrected chi connectivity index (χ2v) is 11.6. The molecular weight excluding hydrogens is 589 g/mol. The van der Waals surface area contributed by atoms with Gasteiger partial charge < -0.3 is 14.6 Å². The van der Waals surface area contributed by atoms with Crippen LogP contribution in [0.3, 0.4) is 0 Å². The van der Waals surface area contributed by atoms with E-state index in [0.29, 0.717) is 12.1 Å². The third-order valence-electron chi connectivity index (χ3n) is 8.31. The van der Waals surface area contributed by atoms with E-state index in [1.54, 1.807) is 12.3 Å². The molecule has 1 fully saturated rings. The summed E-state index contributed by atoms with van der Waals surface area (Å²) < 4.78 is 41.1. The maximum atomic E-state index is 13.7. The zero-order valence-electron chi connectivity index (χ0n) is 25.5. The van der Waals surface area contributed by atoms with Crippen molar-refractivity contribution in [2.75, 3.05) is 18.4 Å². The van der Waals surface area contributed by atoms with Gasteiger partial charge in [0.2, 0.25) is 5.91 Å². The highest BCUT2D eigenvalue weighted by Gasteiger charge is 2.30. The Bertz CT molecular complexity index is 1810. The number of aryl methyl sites for hydroxylation is 1. The van der Waals surface area contributed by atoms with Crippen molar-refractivity contribution in [3.63, 3.8) is 0 Å². The van der Waals surface area contributed by atoms with Crippen LogP contribution in [0.15, 0.2) is 104 Å². The monoisotopic (exact) mass is 624 g/mol. The van der Waals surface area contributed by atoms with Crippen molar-refractivity contribution in [1.29, 1.82) is 0 Å². The Kier molecular flexibility index (Phi) is 9.16. The number of carbonyl (C=O) groups excluding carboxylic acids is 1. The average molecular weight is 625 g/mol. The molecule has 0 atom stereocenters. The Morgan fingerprint density at radius 1 is 0.978 bits per heavy atom. The number of fused-ring (bicyclic) bond motifs is 1. The fourth-order valence-electron chi connectivity index (χ4n) is 5.82. The van der Waals surface area contributed by atoms with Crippen molar-refractivity contribution >= 4 is 28.9 Å². The van der Waals surface area contributed by atoms with Crippen LogP contribution in [0.4, 0.5) is 24.5 Å². The highest BCUT2D eigenvalue weighted by Crippen LogP contribution is 2.29. The molecule has 0 aliphatic carbocycles. The number of nitrogens with zero attached hydrogens (tertiary/aromatic N) is 5. The molecule has 0 bridgehead atoms. The number of benzene rings is 2. The van der Waals surface area contributed by atoms with Crippen molar-refractivity contribution in [1.82, 2.24) is 24.2 Å². The summed E-state index contributed by atoms with van der Waals surface area (Å²) in [6.07, 6.45) is 5.89. The number of likely N-dealkylation sites (tertiary alicyclic amines) is 1. The fraction of sp³-hybridized carbons (Fsp3) is 0.250. The van der Waals surface area contributed by atoms with Crippen LogP contribution < -0.4 is 5.32 Å². The Morgan fingerprint density at radius 2 is 1.74 bits per heavy atom. The van der Waals surface area contributed by atoms with E-state index in [1.807, 2.05) is 78.8 Å². The number of alkyl halides is 3. The first-order valence-corrected chi connectivity index (χ1v) is 15.3. The van der Waals surface area contributed by atoms with E-state index in [9.17, 15) is 18.0 Å². The molecule has 6 rings (SSSR count). The Balaban J connectivity index is 1.15. The van der Waals surface area contributed by atoms with Gasteiger partial charge in [-0.3, -0.25) is 14.7 Å². The van der Waals surface area contributed by atoms with Crippen LogP contribution in [0.1, 0.15) is 41.1 Å². The molecule has 1 amide bonds. The van der Waals surface area contributed by atoms with Gasteiger partial charge in [-0.25, -0.2) is 4.98 Å². The minimum absolute atomic E-state index is 0.00983. The lowest BCUT2D eigenvalue weighted by Crippen LogP contribution is -2.46. The molecule has 236 valence electrons. The number of anilines is 2. The molecule has 1 saturated heterocycles. The molecule has 3 aromatic heterocycles. The molecule has 0 unspecified atom stereocenters. The smallest absolute Gasteiger partial charge is 0.355 e. The Labute approximate surface area is 266 Å². The average Bonchev–Trinajstić information content (AvgIpc) is 3.46. The number of halogens is 3. The van der Waals surface area contributed by atoms with E-state index in [4.69, 9.17) is 0 Å². The van der Waals surface area contributed by atoms with Crippen LogP contribution in [0.2, 0.25) is 0 Å². The van der Waals surface area contributed by atoms with Crippen LogP contribution >= 0.6 is 0 Å². The first kappa shape index (κ1) is 31.0. The molecule has 1 aliphatic heterocycles. The summed E-state index contributed by atoms with van der Waals surface area (Å²) in [6.45, 7) is 4.70. The van der Waals surface area contributed by atoms with Gasteiger partial charge in [-0.1, -0.05) is 30.3 Å². The zero-order chi connectivity index (χ0) is 32.1. The number of piperidine rings is 1. The van der Waals surface area contributed by atoms with Gasteiger partial charge in [-0.05, 0) is 85.5 Å². The predicted molar refractivity (Wildman–Crippen MR) is 173 cm³/mol. The number of pyridine rings is 2. The van der Waals surface area contributed by atoms with E-state index >= 15 is 0 Å². The molecule has 7 nitrogen and oxygen atoms in total. The van der Waals surface area contributed by atoms with Gasteiger partial charge in [-0.2, -0.15) is 13.2 Å². The summed E-state index contributed by atoms with van der Waals surface area (Å²) in [6, 6.07) is 22.7. The molecule has 4 heterocycles. The lowest BCUT2D eigenvalue weighted by molar-refractivity contribution is -0.137. The Morgan fingerprint density at radius 3 is 2.46 bits per heavy atom. The number of carbonyl (C=O) groups is 1. The minimum Gasteiger partial charge on any atom is -0.355 e. The zero-order valence-corrected chi connectivity index (χ0v) is 25.5. The summed E-state index contributed by atoms with van der Waals surface area (Å²) in [4.78, 5) is 26.8. The third kappa shape index (κ3) is 7.63. The number of aromatic nitrogens is 3. The summed E-state index contributed by atoms with van der Waals surface area (Å²) in [5.41, 5.74) is 4.65. The fourth-order valence-corrected chi connectivity index (χ4v) is 5.82. The van der Waals surface area contributed by atoms with Crippen LogP contribution in [0.5, 0.6) is 0 Å². The van der Waals surface area contributed by atoms with Crippen LogP contribution in [-0.4, -0.2) is 49.2 Å². The molecule has 1 N–H and O–H groups in total. The van der Waals surface area contributed by atoms with Gasteiger partial charge in [-0.15, -0.1) is 0 Å². The number of hydrogen-bond donors (Lipinski definition) is 1. The summed E-state index contributed by atoms with van der Waals surface area (Å²) in [5, 5.41) is 3.38. The number of hydrogen-bond acceptors (Lipinski definition) is 5. The van der Waals surface area contributed by atoms with Crippen molar-refractivity contribution in [2.24, 2.45) is 0 Å². The number of imidazole rings is 1. The largest absolute Gasteiger partial charge is 0.416 e. The second-order valence-electron chi connectivity index (χ2n) is 11.6. The number of nitrogens with one attached hydrogen (secondary N) is 1. The normalized spacial score (nSPS) is 14.6. The highest BCUT2D eigenvalue weighted by atomic mass is 19.4. The van der Waals surface area contributed by atoms with E-state index < -0.39 is 11.7 Å². The van der Waals surface area contributed by atoms with Crippen LogP contribution in [0.25, 0.3) is 11.6 Å².